The van der Waals surface area contributed by atoms with E-state index in [4.69, 9.17) is 4.74 Å². The Balaban J connectivity index is 1.90. The smallest absolute Gasteiger partial charge is 0.123 e. The van der Waals surface area contributed by atoms with Gasteiger partial charge in [0.1, 0.15) is 12.4 Å². The van der Waals surface area contributed by atoms with Gasteiger partial charge in [0.15, 0.2) is 0 Å². The monoisotopic (exact) mass is 323 g/mol. The molecule has 0 radical (unpaired) electrons. The molecule has 3 aromatic rings. The predicted octanol–water partition coefficient (Wildman–Crippen LogP) is 5.69. The Kier molecular flexibility index (Phi) is 4.49. The minimum absolute atomic E-state index is 0.0120. The van der Waals surface area contributed by atoms with Crippen LogP contribution in [0.3, 0.4) is 0 Å². The van der Waals surface area contributed by atoms with E-state index in [0.29, 0.717) is 6.61 Å². The largest absolute Gasteiger partial charge is 0.489 e. The van der Waals surface area contributed by atoms with Gasteiger partial charge in [0.25, 0.3) is 0 Å². The lowest BCUT2D eigenvalue weighted by molar-refractivity contribution is 0.297. The van der Waals surface area contributed by atoms with Crippen LogP contribution in [0.5, 0.6) is 5.75 Å². The van der Waals surface area contributed by atoms with E-state index in [-0.39, 0.29) is 5.41 Å². The fourth-order valence-corrected chi connectivity index (χ4v) is 3.05. The van der Waals surface area contributed by atoms with E-state index in [1.54, 1.807) is 11.3 Å². The van der Waals surface area contributed by atoms with Crippen molar-refractivity contribution in [2.45, 2.75) is 32.8 Å². The molecule has 0 unspecified atom stereocenters. The minimum atomic E-state index is 0.0120. The standard InChI is InChI=1S/C20H21NOS/c1-20(2,3)17-11-16(18-13-23-14-21-18)9-10-19(17)22-12-15-7-5-4-6-8-15/h4-11,13-14H,12H2,1-3H3. The molecule has 0 fully saturated rings. The molecule has 0 aliphatic heterocycles. The van der Waals surface area contributed by atoms with Gasteiger partial charge in [-0.2, -0.15) is 0 Å². The Morgan fingerprint density at radius 1 is 1.04 bits per heavy atom. The number of benzene rings is 2. The lowest BCUT2D eigenvalue weighted by Crippen LogP contribution is -2.13. The van der Waals surface area contributed by atoms with Crippen LogP contribution in [0.1, 0.15) is 31.9 Å². The SMILES string of the molecule is CC(C)(C)c1cc(-c2cscn2)ccc1OCc1ccccc1. The summed E-state index contributed by atoms with van der Waals surface area (Å²) in [5.74, 6) is 0.945. The second kappa shape index (κ2) is 6.55. The van der Waals surface area contributed by atoms with Crippen molar-refractivity contribution in [1.82, 2.24) is 4.98 Å². The molecule has 2 aromatic carbocycles. The Hall–Kier alpha value is -2.13. The number of nitrogens with zero attached hydrogens (tertiary/aromatic N) is 1. The van der Waals surface area contributed by atoms with Gasteiger partial charge in [-0.3, -0.25) is 0 Å². The quantitative estimate of drug-likeness (QED) is 0.615. The predicted molar refractivity (Wildman–Crippen MR) is 97.0 cm³/mol. The molecule has 118 valence electrons. The second-order valence-corrected chi connectivity index (χ2v) is 7.33. The highest BCUT2D eigenvalue weighted by Crippen LogP contribution is 2.35. The molecule has 3 rings (SSSR count). The van der Waals surface area contributed by atoms with Crippen molar-refractivity contribution in [3.63, 3.8) is 0 Å². The zero-order valence-corrected chi connectivity index (χ0v) is 14.6. The van der Waals surface area contributed by atoms with Crippen LogP contribution in [0.15, 0.2) is 59.4 Å². The number of thiazole rings is 1. The molecule has 0 aliphatic rings. The molecule has 2 nitrogen and oxygen atoms in total. The average molecular weight is 323 g/mol. The molecule has 3 heteroatoms. The molecule has 0 saturated carbocycles. The summed E-state index contributed by atoms with van der Waals surface area (Å²) in [6.45, 7) is 7.22. The Bertz CT molecular complexity index is 758. The number of hydrogen-bond donors (Lipinski definition) is 0. The molecule has 0 atom stereocenters. The maximum absolute atomic E-state index is 6.10. The van der Waals surface area contributed by atoms with Crippen molar-refractivity contribution in [2.24, 2.45) is 0 Å². The highest BCUT2D eigenvalue weighted by molar-refractivity contribution is 7.07. The van der Waals surface area contributed by atoms with Crippen LogP contribution in [-0.4, -0.2) is 4.98 Å². The van der Waals surface area contributed by atoms with Crippen molar-refractivity contribution in [3.8, 4) is 17.0 Å². The van der Waals surface area contributed by atoms with Crippen LogP contribution in [0.25, 0.3) is 11.3 Å². The van der Waals surface area contributed by atoms with Gasteiger partial charge in [-0.25, -0.2) is 4.98 Å². The highest BCUT2D eigenvalue weighted by Gasteiger charge is 2.20. The van der Waals surface area contributed by atoms with Crippen LogP contribution in [0.2, 0.25) is 0 Å². The molecule has 1 heterocycles. The summed E-state index contributed by atoms with van der Waals surface area (Å²) < 4.78 is 6.10. The molecule has 0 amide bonds. The topological polar surface area (TPSA) is 22.1 Å². The van der Waals surface area contributed by atoms with Crippen molar-refractivity contribution < 1.29 is 4.74 Å². The van der Waals surface area contributed by atoms with Gasteiger partial charge in [0, 0.05) is 16.5 Å². The second-order valence-electron chi connectivity index (χ2n) is 6.61. The van der Waals surface area contributed by atoms with Crippen LogP contribution in [0.4, 0.5) is 0 Å². The van der Waals surface area contributed by atoms with Gasteiger partial charge in [-0.05, 0) is 29.2 Å². The summed E-state index contributed by atoms with van der Waals surface area (Å²) in [4.78, 5) is 4.41. The summed E-state index contributed by atoms with van der Waals surface area (Å²) in [6.07, 6.45) is 0. The first-order chi connectivity index (χ1) is 11.0. The highest BCUT2D eigenvalue weighted by atomic mass is 32.1. The Labute approximate surface area is 141 Å². The Morgan fingerprint density at radius 3 is 2.48 bits per heavy atom. The molecule has 0 aliphatic carbocycles. The van der Waals surface area contributed by atoms with E-state index in [0.717, 1.165) is 17.0 Å². The minimum Gasteiger partial charge on any atom is -0.489 e. The van der Waals surface area contributed by atoms with Gasteiger partial charge in [0.2, 0.25) is 0 Å². The summed E-state index contributed by atoms with van der Waals surface area (Å²) in [5, 5.41) is 2.08. The first-order valence-electron chi connectivity index (χ1n) is 7.74. The molecule has 0 spiro atoms. The summed E-state index contributed by atoms with van der Waals surface area (Å²) >= 11 is 1.62. The lowest BCUT2D eigenvalue weighted by Gasteiger charge is -2.23. The lowest BCUT2D eigenvalue weighted by atomic mass is 9.85. The van der Waals surface area contributed by atoms with Crippen molar-refractivity contribution in [2.75, 3.05) is 0 Å². The molecular formula is C20H21NOS. The third-order valence-corrected chi connectivity index (χ3v) is 4.34. The molecule has 0 N–H and O–H groups in total. The van der Waals surface area contributed by atoms with Gasteiger partial charge in [-0.1, -0.05) is 51.1 Å². The average Bonchev–Trinajstić information content (AvgIpc) is 3.07. The fourth-order valence-electron chi connectivity index (χ4n) is 2.49. The van der Waals surface area contributed by atoms with Crippen molar-refractivity contribution >= 4 is 11.3 Å². The van der Waals surface area contributed by atoms with E-state index < -0.39 is 0 Å². The van der Waals surface area contributed by atoms with Gasteiger partial charge in [-0.15, -0.1) is 11.3 Å². The normalized spacial score (nSPS) is 11.4. The third-order valence-electron chi connectivity index (χ3n) is 3.75. The van der Waals surface area contributed by atoms with E-state index in [1.165, 1.54) is 11.1 Å². The number of hydrogen-bond acceptors (Lipinski definition) is 3. The molecular weight excluding hydrogens is 302 g/mol. The molecule has 0 saturated heterocycles. The van der Waals surface area contributed by atoms with E-state index in [9.17, 15) is 0 Å². The fraction of sp³-hybridized carbons (Fsp3) is 0.250. The van der Waals surface area contributed by atoms with E-state index in [1.807, 2.05) is 23.7 Å². The first-order valence-corrected chi connectivity index (χ1v) is 8.68. The zero-order valence-electron chi connectivity index (χ0n) is 13.7. The maximum Gasteiger partial charge on any atom is 0.123 e. The number of ether oxygens (including phenoxy) is 1. The summed E-state index contributed by atoms with van der Waals surface area (Å²) in [7, 11) is 0. The zero-order chi connectivity index (χ0) is 16.3. The van der Waals surface area contributed by atoms with Crippen LogP contribution >= 0.6 is 11.3 Å². The number of rotatable bonds is 4. The van der Waals surface area contributed by atoms with Crippen molar-refractivity contribution in [1.29, 1.82) is 0 Å². The number of aromatic nitrogens is 1. The van der Waals surface area contributed by atoms with Crippen LogP contribution in [0, 0.1) is 0 Å². The summed E-state index contributed by atoms with van der Waals surface area (Å²) in [5.41, 5.74) is 6.43. The Morgan fingerprint density at radius 2 is 1.83 bits per heavy atom. The van der Waals surface area contributed by atoms with Crippen molar-refractivity contribution in [3.05, 3.63) is 70.5 Å². The molecule has 23 heavy (non-hydrogen) atoms. The maximum atomic E-state index is 6.10. The van der Waals surface area contributed by atoms with Gasteiger partial charge < -0.3 is 4.74 Å². The van der Waals surface area contributed by atoms with Gasteiger partial charge in [0.05, 0.1) is 11.2 Å². The molecule has 1 aromatic heterocycles. The van der Waals surface area contributed by atoms with E-state index in [2.05, 4.69) is 61.5 Å². The van der Waals surface area contributed by atoms with E-state index >= 15 is 0 Å². The molecule has 0 bridgehead atoms. The van der Waals surface area contributed by atoms with Crippen LogP contribution in [-0.2, 0) is 12.0 Å². The summed E-state index contributed by atoms with van der Waals surface area (Å²) in [6, 6.07) is 16.6. The third kappa shape index (κ3) is 3.80. The van der Waals surface area contributed by atoms with Gasteiger partial charge >= 0.3 is 0 Å². The van der Waals surface area contributed by atoms with Crippen LogP contribution < -0.4 is 4.74 Å². The first kappa shape index (κ1) is 15.8.